The van der Waals surface area contributed by atoms with Gasteiger partial charge in [0.15, 0.2) is 0 Å². The van der Waals surface area contributed by atoms with E-state index in [1.54, 1.807) is 0 Å². The Kier molecular flexibility index (Phi) is 41.5. The Hall–Kier alpha value is 1.66. The summed E-state index contributed by atoms with van der Waals surface area (Å²) in [6, 6.07) is 0. The molecule has 0 saturated carbocycles. The van der Waals surface area contributed by atoms with Gasteiger partial charge in [-0.05, 0) is 25.3 Å². The van der Waals surface area contributed by atoms with E-state index >= 15 is 0 Å². The lowest BCUT2D eigenvalue weighted by atomic mass is 11.0. The van der Waals surface area contributed by atoms with Crippen LogP contribution in [0.5, 0.6) is 0 Å². The average Bonchev–Trinajstić information content (AvgIpc) is 1.37. The second-order valence-electron chi connectivity index (χ2n) is 0.500. The molecule has 6 heavy (non-hydrogen) atoms. The summed E-state index contributed by atoms with van der Waals surface area (Å²) >= 11 is 6.48. The van der Waals surface area contributed by atoms with Crippen LogP contribution in [-0.2, 0) is 25.3 Å². The highest BCUT2D eigenvalue weighted by Crippen LogP contribution is 1.48. The maximum absolute atomic E-state index is 3.24. The van der Waals surface area contributed by atoms with Gasteiger partial charge >= 0.3 is 0 Å². The second-order valence-corrected chi connectivity index (χ2v) is 1.50. The first-order valence-electron chi connectivity index (χ1n) is 1.21. The summed E-state index contributed by atoms with van der Waals surface area (Å²) in [6.07, 6.45) is 0. The maximum Gasteiger partial charge on any atom is 0.147 e. The molecule has 0 radical (unpaired) electrons. The van der Waals surface area contributed by atoms with Gasteiger partial charge < -0.3 is 34.0 Å². The van der Waals surface area contributed by atoms with E-state index < -0.39 is 0 Å². The SMILES string of the molecule is [Br-].[Br-].[SH2+]CC[SH2+]. The van der Waals surface area contributed by atoms with Crippen molar-refractivity contribution in [1.29, 1.82) is 0 Å². The van der Waals surface area contributed by atoms with Crippen LogP contribution in [0.15, 0.2) is 0 Å². The summed E-state index contributed by atoms with van der Waals surface area (Å²) in [7, 11) is 0. The van der Waals surface area contributed by atoms with Crippen molar-refractivity contribution in [2.24, 2.45) is 0 Å². The number of rotatable bonds is 1. The van der Waals surface area contributed by atoms with E-state index in [4.69, 9.17) is 0 Å². The molecule has 42 valence electrons. The molecule has 0 N–H and O–H groups in total. The molecule has 0 nitrogen and oxygen atoms in total. The molecule has 0 aliphatic rings. The van der Waals surface area contributed by atoms with Crippen LogP contribution in [0.4, 0.5) is 0 Å². The Bertz CT molecular complexity index is 11.5. The van der Waals surface area contributed by atoms with E-state index in [1.807, 2.05) is 0 Å². The van der Waals surface area contributed by atoms with Gasteiger partial charge in [0, 0.05) is 0 Å². The van der Waals surface area contributed by atoms with E-state index in [2.05, 4.69) is 25.3 Å². The third kappa shape index (κ3) is 17.4. The molecule has 0 aromatic heterocycles. The minimum atomic E-state index is 0. The molecule has 0 atom stereocenters. The quantitative estimate of drug-likeness (QED) is 0.409. The van der Waals surface area contributed by atoms with Gasteiger partial charge in [-0.25, -0.2) is 0 Å². The summed E-state index contributed by atoms with van der Waals surface area (Å²) in [6.45, 7) is 0. The highest BCUT2D eigenvalue weighted by molar-refractivity contribution is 7.62. The van der Waals surface area contributed by atoms with Crippen molar-refractivity contribution < 1.29 is 34.0 Å². The molecule has 0 unspecified atom stereocenters. The highest BCUT2D eigenvalue weighted by Gasteiger charge is 1.72. The van der Waals surface area contributed by atoms with E-state index in [0.717, 1.165) is 11.5 Å². The van der Waals surface area contributed by atoms with Gasteiger partial charge in [0.1, 0.15) is 11.5 Å². The summed E-state index contributed by atoms with van der Waals surface area (Å²) in [5, 5.41) is 0. The average molecular weight is 256 g/mol. The molecule has 0 aromatic rings. The Morgan fingerprint density at radius 1 is 0.833 bits per heavy atom. The van der Waals surface area contributed by atoms with Gasteiger partial charge in [-0.2, -0.15) is 0 Å². The highest BCUT2D eigenvalue weighted by atomic mass is 79.9. The van der Waals surface area contributed by atoms with Gasteiger partial charge in [0.2, 0.25) is 0 Å². The van der Waals surface area contributed by atoms with Crippen LogP contribution in [0.25, 0.3) is 0 Å². The van der Waals surface area contributed by atoms with Crippen LogP contribution in [0, 0.1) is 0 Å². The molecule has 0 rings (SSSR count). The van der Waals surface area contributed by atoms with Crippen molar-refractivity contribution in [3.8, 4) is 0 Å². The molecule has 0 aliphatic carbocycles. The largest absolute Gasteiger partial charge is 1.00 e. The summed E-state index contributed by atoms with van der Waals surface area (Å²) in [4.78, 5) is 0. The summed E-state index contributed by atoms with van der Waals surface area (Å²) in [5.41, 5.74) is 0. The third-order valence-corrected chi connectivity index (χ3v) is 1.12. The van der Waals surface area contributed by atoms with Crippen molar-refractivity contribution in [2.45, 2.75) is 0 Å². The standard InChI is InChI=1S/C2H6S2.2BrH/c3-1-2-4;;/h3-4H,1-2H2;2*1H. The molecule has 0 aromatic carbocycles. The van der Waals surface area contributed by atoms with Gasteiger partial charge in [0.05, 0.1) is 0 Å². The fourth-order valence-corrected chi connectivity index (χ4v) is 0. The lowest BCUT2D eigenvalue weighted by molar-refractivity contribution is -0.00100. The molecule has 0 saturated heterocycles. The van der Waals surface area contributed by atoms with Crippen LogP contribution < -0.4 is 34.0 Å². The number of hydrogen-bond acceptors (Lipinski definition) is 0. The minimum Gasteiger partial charge on any atom is -1.00 e. The van der Waals surface area contributed by atoms with Crippen molar-refractivity contribution in [3.05, 3.63) is 0 Å². The second kappa shape index (κ2) is 15.9. The van der Waals surface area contributed by atoms with Crippen molar-refractivity contribution >= 4 is 25.3 Å². The van der Waals surface area contributed by atoms with Gasteiger partial charge in [0.25, 0.3) is 0 Å². The fraction of sp³-hybridized carbons (Fsp3) is 1.00. The lowest BCUT2D eigenvalue weighted by Gasteiger charge is -1.52. The number of halogens is 2. The Balaban J connectivity index is -0.0000000450. The zero-order valence-corrected chi connectivity index (χ0v) is 8.34. The molecule has 0 bridgehead atoms. The van der Waals surface area contributed by atoms with E-state index in [0.29, 0.717) is 0 Å². The normalized spacial score (nSPS) is 5.00. The maximum atomic E-state index is 3.24. The Morgan fingerprint density at radius 3 is 1.00 bits per heavy atom. The van der Waals surface area contributed by atoms with Crippen LogP contribution >= 0.6 is 0 Å². The Morgan fingerprint density at radius 2 is 1.00 bits per heavy atom. The van der Waals surface area contributed by atoms with Crippen molar-refractivity contribution in [2.75, 3.05) is 11.5 Å². The molecule has 0 amide bonds. The van der Waals surface area contributed by atoms with Gasteiger partial charge in [-0.1, -0.05) is 0 Å². The summed E-state index contributed by atoms with van der Waals surface area (Å²) in [5.74, 6) is 2.08. The molecule has 0 aliphatic heterocycles. The predicted molar refractivity (Wildman–Crippen MR) is 30.0 cm³/mol. The predicted octanol–water partition coefficient (Wildman–Crippen LogP) is -6.98. The fourth-order valence-electron chi connectivity index (χ4n) is 0. The monoisotopic (exact) mass is 254 g/mol. The minimum absolute atomic E-state index is 0. The van der Waals surface area contributed by atoms with E-state index in [1.165, 1.54) is 0 Å². The smallest absolute Gasteiger partial charge is 0.147 e. The number of hydrogen-bond donors (Lipinski definition) is 0. The van der Waals surface area contributed by atoms with Crippen LogP contribution in [0.1, 0.15) is 0 Å². The van der Waals surface area contributed by atoms with E-state index in [9.17, 15) is 0 Å². The third-order valence-electron chi connectivity index (χ3n) is 0.125. The zero-order valence-electron chi connectivity index (χ0n) is 3.17. The molecular formula is C2H8Br2S2. The lowest BCUT2D eigenvalue weighted by Crippen LogP contribution is -3.00. The molecule has 0 fully saturated rings. The summed E-state index contributed by atoms with van der Waals surface area (Å²) < 4.78 is 0. The van der Waals surface area contributed by atoms with Crippen molar-refractivity contribution in [3.63, 3.8) is 0 Å². The van der Waals surface area contributed by atoms with Gasteiger partial charge in [-0.15, -0.1) is 0 Å². The van der Waals surface area contributed by atoms with Crippen LogP contribution in [0.2, 0.25) is 0 Å². The van der Waals surface area contributed by atoms with Crippen LogP contribution in [-0.4, -0.2) is 11.5 Å². The first-order valence-corrected chi connectivity index (χ1v) is 2.62. The van der Waals surface area contributed by atoms with Crippen molar-refractivity contribution in [1.82, 2.24) is 0 Å². The van der Waals surface area contributed by atoms with Gasteiger partial charge in [-0.3, -0.25) is 0 Å². The molecular weight excluding hydrogens is 248 g/mol. The molecule has 0 spiro atoms. The first kappa shape index (κ1) is 15.6. The first-order chi connectivity index (χ1) is 1.91. The molecule has 4 heteroatoms. The topological polar surface area (TPSA) is 0 Å². The zero-order chi connectivity index (χ0) is 3.41. The van der Waals surface area contributed by atoms with E-state index in [-0.39, 0.29) is 34.0 Å². The van der Waals surface area contributed by atoms with Crippen LogP contribution in [0.3, 0.4) is 0 Å². The Labute approximate surface area is 70.4 Å². The molecule has 0 heterocycles.